The van der Waals surface area contributed by atoms with Gasteiger partial charge in [0.15, 0.2) is 4.96 Å². The minimum atomic E-state index is -0.0153. The van der Waals surface area contributed by atoms with Crippen LogP contribution in [0.4, 0.5) is 0 Å². The number of nitrogens with two attached hydrogens (primary N) is 1. The van der Waals surface area contributed by atoms with Crippen molar-refractivity contribution < 1.29 is 0 Å². The Bertz CT molecular complexity index is 548. The highest BCUT2D eigenvalue weighted by molar-refractivity contribution is 7.15. The Morgan fingerprint density at radius 3 is 3.18 bits per heavy atom. The monoisotopic (exact) mass is 252 g/mol. The van der Waals surface area contributed by atoms with Crippen molar-refractivity contribution in [3.05, 3.63) is 33.7 Å². The molecule has 0 amide bonds. The van der Waals surface area contributed by atoms with Gasteiger partial charge in [0.25, 0.3) is 5.56 Å². The molecule has 2 aromatic rings. The molecule has 0 unspecified atom stereocenters. The molecule has 0 radical (unpaired) electrons. The zero-order chi connectivity index (χ0) is 12.3. The van der Waals surface area contributed by atoms with E-state index in [1.54, 1.807) is 16.7 Å². The Balaban J connectivity index is 2.16. The van der Waals surface area contributed by atoms with Crippen molar-refractivity contribution in [1.82, 2.24) is 14.3 Å². The first-order valence-corrected chi connectivity index (χ1v) is 6.43. The summed E-state index contributed by atoms with van der Waals surface area (Å²) in [5, 5.41) is 1.87. The number of hydrogen-bond donors (Lipinski definition) is 1. The van der Waals surface area contributed by atoms with Crippen molar-refractivity contribution in [3.8, 4) is 0 Å². The first kappa shape index (κ1) is 12.2. The Labute approximate surface area is 104 Å². The fourth-order valence-corrected chi connectivity index (χ4v) is 2.42. The van der Waals surface area contributed by atoms with E-state index >= 15 is 0 Å². The van der Waals surface area contributed by atoms with Crippen LogP contribution in [-0.2, 0) is 6.54 Å². The van der Waals surface area contributed by atoms with E-state index in [4.69, 9.17) is 5.73 Å². The summed E-state index contributed by atoms with van der Waals surface area (Å²) in [7, 11) is 2.01. The maximum Gasteiger partial charge on any atom is 0.258 e. The van der Waals surface area contributed by atoms with Crippen LogP contribution < -0.4 is 11.3 Å². The lowest BCUT2D eigenvalue weighted by Crippen LogP contribution is -2.23. The van der Waals surface area contributed by atoms with Crippen LogP contribution in [0.2, 0.25) is 0 Å². The normalized spacial score (nSPS) is 11.5. The van der Waals surface area contributed by atoms with Crippen molar-refractivity contribution in [2.45, 2.75) is 13.0 Å². The van der Waals surface area contributed by atoms with E-state index in [1.165, 1.54) is 11.3 Å². The molecule has 0 saturated carbocycles. The molecule has 2 heterocycles. The van der Waals surface area contributed by atoms with Gasteiger partial charge in [0, 0.05) is 24.2 Å². The second kappa shape index (κ2) is 5.39. The summed E-state index contributed by atoms with van der Waals surface area (Å²) in [6.07, 6.45) is 2.70. The average Bonchev–Trinajstić information content (AvgIpc) is 2.75. The lowest BCUT2D eigenvalue weighted by molar-refractivity contribution is 0.320. The largest absolute Gasteiger partial charge is 0.330 e. The van der Waals surface area contributed by atoms with E-state index in [0.717, 1.165) is 23.6 Å². The third kappa shape index (κ3) is 2.91. The van der Waals surface area contributed by atoms with Gasteiger partial charge in [-0.15, -0.1) is 11.3 Å². The van der Waals surface area contributed by atoms with Gasteiger partial charge in [-0.1, -0.05) is 0 Å². The van der Waals surface area contributed by atoms with Gasteiger partial charge in [-0.05, 0) is 26.6 Å². The molecule has 6 heteroatoms. The van der Waals surface area contributed by atoms with E-state index in [0.29, 0.717) is 13.1 Å². The molecular formula is C11H16N4OS. The van der Waals surface area contributed by atoms with Gasteiger partial charge in [-0.2, -0.15) is 0 Å². The number of rotatable bonds is 5. The van der Waals surface area contributed by atoms with E-state index < -0.39 is 0 Å². The van der Waals surface area contributed by atoms with Crippen LogP contribution >= 0.6 is 11.3 Å². The molecule has 2 rings (SSSR count). The topological polar surface area (TPSA) is 63.6 Å². The second-order valence-electron chi connectivity index (χ2n) is 4.02. The SMILES string of the molecule is CN(CCCN)Cc1cc(=O)n2ccsc2n1. The second-order valence-corrected chi connectivity index (χ2v) is 4.89. The van der Waals surface area contributed by atoms with Crippen LogP contribution in [0.5, 0.6) is 0 Å². The molecule has 5 nitrogen and oxygen atoms in total. The van der Waals surface area contributed by atoms with Gasteiger partial charge >= 0.3 is 0 Å². The zero-order valence-corrected chi connectivity index (χ0v) is 10.6. The summed E-state index contributed by atoms with van der Waals surface area (Å²) in [6.45, 7) is 2.29. The average molecular weight is 252 g/mol. The van der Waals surface area contributed by atoms with Crippen molar-refractivity contribution in [1.29, 1.82) is 0 Å². The maximum atomic E-state index is 11.7. The van der Waals surface area contributed by atoms with Crippen LogP contribution in [0.3, 0.4) is 0 Å². The van der Waals surface area contributed by atoms with E-state index in [9.17, 15) is 4.79 Å². The smallest absolute Gasteiger partial charge is 0.258 e. The predicted octanol–water partition coefficient (Wildman–Crippen LogP) is 0.537. The van der Waals surface area contributed by atoms with Crippen LogP contribution in [0.1, 0.15) is 12.1 Å². The minimum absolute atomic E-state index is 0.0153. The molecule has 0 fully saturated rings. The molecule has 17 heavy (non-hydrogen) atoms. The van der Waals surface area contributed by atoms with Crippen molar-refractivity contribution in [3.63, 3.8) is 0 Å². The van der Waals surface area contributed by atoms with Gasteiger partial charge in [0.05, 0.1) is 5.69 Å². The highest BCUT2D eigenvalue weighted by Crippen LogP contribution is 2.07. The molecule has 0 aliphatic heterocycles. The molecule has 0 saturated heterocycles. The summed E-state index contributed by atoms with van der Waals surface area (Å²) in [5.41, 5.74) is 6.26. The fraction of sp³-hybridized carbons (Fsp3) is 0.455. The molecule has 2 N–H and O–H groups in total. The molecular weight excluding hydrogens is 236 g/mol. The Kier molecular flexibility index (Phi) is 3.88. The lowest BCUT2D eigenvalue weighted by atomic mass is 10.3. The molecule has 2 aromatic heterocycles. The van der Waals surface area contributed by atoms with Crippen molar-refractivity contribution in [2.75, 3.05) is 20.1 Å². The van der Waals surface area contributed by atoms with Crippen molar-refractivity contribution >= 4 is 16.3 Å². The number of hydrogen-bond acceptors (Lipinski definition) is 5. The standard InChI is InChI=1S/C11H16N4OS/c1-14(4-2-3-12)8-9-7-10(16)15-5-6-17-11(15)13-9/h5-7H,2-4,8,12H2,1H3. The number of aromatic nitrogens is 2. The molecule has 0 aromatic carbocycles. The summed E-state index contributed by atoms with van der Waals surface area (Å²) >= 11 is 1.47. The van der Waals surface area contributed by atoms with Gasteiger partial charge in [-0.3, -0.25) is 9.20 Å². The minimum Gasteiger partial charge on any atom is -0.330 e. The molecule has 0 atom stereocenters. The van der Waals surface area contributed by atoms with Crippen LogP contribution in [-0.4, -0.2) is 34.4 Å². The van der Waals surface area contributed by atoms with Gasteiger partial charge in [0.1, 0.15) is 0 Å². The fourth-order valence-electron chi connectivity index (χ4n) is 1.69. The summed E-state index contributed by atoms with van der Waals surface area (Å²) in [6, 6.07) is 1.60. The zero-order valence-electron chi connectivity index (χ0n) is 9.80. The summed E-state index contributed by atoms with van der Waals surface area (Å²) in [5.74, 6) is 0. The van der Waals surface area contributed by atoms with Crippen molar-refractivity contribution in [2.24, 2.45) is 5.73 Å². The highest BCUT2D eigenvalue weighted by Gasteiger charge is 2.05. The lowest BCUT2D eigenvalue weighted by Gasteiger charge is -2.15. The highest BCUT2D eigenvalue weighted by atomic mass is 32.1. The number of fused-ring (bicyclic) bond motifs is 1. The Hall–Kier alpha value is -1.24. The third-order valence-corrected chi connectivity index (χ3v) is 3.29. The number of thiazole rings is 1. The molecule has 0 aliphatic rings. The van der Waals surface area contributed by atoms with Crippen LogP contribution in [0, 0.1) is 0 Å². The Morgan fingerprint density at radius 1 is 1.59 bits per heavy atom. The predicted molar refractivity (Wildman–Crippen MR) is 69.3 cm³/mol. The molecule has 92 valence electrons. The first-order valence-electron chi connectivity index (χ1n) is 5.55. The van der Waals surface area contributed by atoms with Gasteiger partial charge in [0.2, 0.25) is 0 Å². The molecule has 0 bridgehead atoms. The van der Waals surface area contributed by atoms with Crippen LogP contribution in [0.15, 0.2) is 22.4 Å². The molecule has 0 aliphatic carbocycles. The first-order chi connectivity index (χ1) is 8.20. The summed E-state index contributed by atoms with van der Waals surface area (Å²) < 4.78 is 1.56. The Morgan fingerprint density at radius 2 is 2.41 bits per heavy atom. The quantitative estimate of drug-likeness (QED) is 0.843. The third-order valence-electron chi connectivity index (χ3n) is 2.53. The van der Waals surface area contributed by atoms with E-state index in [2.05, 4.69) is 9.88 Å². The van der Waals surface area contributed by atoms with Gasteiger partial charge in [-0.25, -0.2) is 4.98 Å². The molecule has 0 spiro atoms. The number of nitrogens with zero attached hydrogens (tertiary/aromatic N) is 3. The maximum absolute atomic E-state index is 11.7. The summed E-state index contributed by atoms with van der Waals surface area (Å²) in [4.78, 5) is 19.1. The van der Waals surface area contributed by atoms with Crippen LogP contribution in [0.25, 0.3) is 4.96 Å². The van der Waals surface area contributed by atoms with E-state index in [-0.39, 0.29) is 5.56 Å². The van der Waals surface area contributed by atoms with Gasteiger partial charge < -0.3 is 10.6 Å². The van der Waals surface area contributed by atoms with E-state index in [1.807, 2.05) is 12.4 Å².